The van der Waals surface area contributed by atoms with E-state index < -0.39 is 38.7 Å². The van der Waals surface area contributed by atoms with E-state index in [2.05, 4.69) is 26.8 Å². The molecule has 0 unspecified atom stereocenters. The van der Waals surface area contributed by atoms with Crippen LogP contribution in [0.1, 0.15) is 66.2 Å². The Bertz CT molecular complexity index is 1420. The third-order valence-electron chi connectivity index (χ3n) is 11.6. The second-order valence-electron chi connectivity index (χ2n) is 13.5. The van der Waals surface area contributed by atoms with E-state index in [9.17, 15) is 27.9 Å². The van der Waals surface area contributed by atoms with Gasteiger partial charge in [0.25, 0.3) is 0 Å². The smallest absolute Gasteiger partial charge is 0.309 e. The summed E-state index contributed by atoms with van der Waals surface area (Å²) in [5.74, 6) is -1.80. The molecule has 8 nitrogen and oxygen atoms in total. The molecule has 7 rings (SSSR count). The van der Waals surface area contributed by atoms with Gasteiger partial charge in [-0.25, -0.2) is 13.6 Å². The van der Waals surface area contributed by atoms with Crippen LogP contribution >= 0.6 is 0 Å². The number of rotatable bonds is 4. The molecular formula is C30H38N2O6S. The van der Waals surface area contributed by atoms with E-state index in [-0.39, 0.29) is 45.8 Å². The van der Waals surface area contributed by atoms with Gasteiger partial charge in [-0.05, 0) is 92.4 Å². The fraction of sp³-hybridized carbons (Fsp3) is 0.633. The van der Waals surface area contributed by atoms with Crippen LogP contribution in [0.3, 0.4) is 0 Å². The van der Waals surface area contributed by atoms with Gasteiger partial charge in [0.05, 0.1) is 27.8 Å². The van der Waals surface area contributed by atoms with Gasteiger partial charge in [-0.3, -0.25) is 19.3 Å². The van der Waals surface area contributed by atoms with E-state index in [1.807, 2.05) is 6.92 Å². The summed E-state index contributed by atoms with van der Waals surface area (Å²) >= 11 is 0. The Balaban J connectivity index is 1.46. The summed E-state index contributed by atoms with van der Waals surface area (Å²) < 4.78 is 23.5. The van der Waals surface area contributed by atoms with Gasteiger partial charge in [0.15, 0.2) is 0 Å². The van der Waals surface area contributed by atoms with Crippen LogP contribution in [0.5, 0.6) is 0 Å². The lowest BCUT2D eigenvalue weighted by molar-refractivity contribution is -0.194. The number of anilines is 1. The Morgan fingerprint density at radius 3 is 2.31 bits per heavy atom. The number of hydrogen-bond donors (Lipinski definition) is 2. The minimum Gasteiger partial charge on any atom is -0.481 e. The first-order valence-corrected chi connectivity index (χ1v) is 15.7. The van der Waals surface area contributed by atoms with Crippen LogP contribution in [0.25, 0.3) is 0 Å². The van der Waals surface area contributed by atoms with Crippen LogP contribution < -0.4 is 10.0 Å². The fourth-order valence-electron chi connectivity index (χ4n) is 10.00. The van der Waals surface area contributed by atoms with E-state index in [1.165, 1.54) is 34.7 Å². The summed E-state index contributed by atoms with van der Waals surface area (Å²) in [5, 5.41) is 15.5. The number of fused-ring (bicyclic) bond motifs is 1. The molecule has 1 aliphatic heterocycles. The van der Waals surface area contributed by atoms with Gasteiger partial charge < -0.3 is 5.11 Å². The molecule has 4 fully saturated rings. The highest BCUT2D eigenvalue weighted by atomic mass is 32.2. The molecule has 1 aromatic rings. The number of aliphatic carboxylic acids is 1. The van der Waals surface area contributed by atoms with Crippen LogP contribution in [-0.4, -0.2) is 31.3 Å². The molecule has 210 valence electrons. The van der Waals surface area contributed by atoms with Crippen molar-refractivity contribution in [1.29, 1.82) is 0 Å². The maximum atomic E-state index is 14.3. The number of hydrogen-bond acceptors (Lipinski definition) is 5. The second kappa shape index (κ2) is 8.26. The van der Waals surface area contributed by atoms with Crippen molar-refractivity contribution in [2.75, 3.05) is 4.90 Å². The predicted octanol–water partition coefficient (Wildman–Crippen LogP) is 4.35. The number of allylic oxidation sites excluding steroid dienone is 2. The predicted molar refractivity (Wildman–Crippen MR) is 145 cm³/mol. The zero-order valence-electron chi connectivity index (χ0n) is 23.0. The lowest BCUT2D eigenvalue weighted by atomic mass is 9.34. The van der Waals surface area contributed by atoms with Gasteiger partial charge in [0, 0.05) is 5.41 Å². The van der Waals surface area contributed by atoms with Crippen molar-refractivity contribution < 1.29 is 27.9 Å². The van der Waals surface area contributed by atoms with Crippen molar-refractivity contribution in [2.45, 2.75) is 71.1 Å². The first-order chi connectivity index (χ1) is 18.2. The number of benzene rings is 1. The van der Waals surface area contributed by atoms with Gasteiger partial charge in [-0.2, -0.15) is 0 Å². The summed E-state index contributed by atoms with van der Waals surface area (Å²) in [7, 11) is -3.90. The highest BCUT2D eigenvalue weighted by molar-refractivity contribution is 7.89. The van der Waals surface area contributed by atoms with Crippen LogP contribution in [0.2, 0.25) is 0 Å². The standard InChI is InChI=1S/C30H38N2O6S/c1-16(2)20-15-30-13-10-21-28(3,11-5-12-29(21,4)27(35)36)22(30)14-19(20)23-24(30)26(34)32(25(23)33)17-6-8-18(9-7-17)39(31,37)38/h6-9,15-16,19,21-24H,5,10-14H2,1-4H3,(H,35,36)(H2,31,37,38)/t19-,21+,22-,23+,24+,28-,29+,30-/m0/s1. The number of carboxylic acid groups (broad SMARTS) is 1. The Hall–Kier alpha value is -2.52. The highest BCUT2D eigenvalue weighted by Gasteiger charge is 2.73. The fourth-order valence-corrected chi connectivity index (χ4v) is 10.5. The van der Waals surface area contributed by atoms with E-state index in [4.69, 9.17) is 5.14 Å². The average molecular weight is 555 g/mol. The molecule has 3 N–H and O–H groups in total. The van der Waals surface area contributed by atoms with Gasteiger partial charge in [-0.1, -0.05) is 38.8 Å². The molecule has 5 aliphatic carbocycles. The Kier molecular flexibility index (Phi) is 5.65. The van der Waals surface area contributed by atoms with Crippen LogP contribution in [0, 0.1) is 51.8 Å². The third kappa shape index (κ3) is 3.38. The maximum absolute atomic E-state index is 14.3. The van der Waals surface area contributed by atoms with Gasteiger partial charge in [0.2, 0.25) is 21.8 Å². The highest BCUT2D eigenvalue weighted by Crippen LogP contribution is 2.74. The van der Waals surface area contributed by atoms with Gasteiger partial charge in [-0.15, -0.1) is 0 Å². The molecule has 9 heteroatoms. The second-order valence-corrected chi connectivity index (χ2v) is 15.1. The summed E-state index contributed by atoms with van der Waals surface area (Å²) in [6.07, 6.45) is 7.01. The Morgan fingerprint density at radius 1 is 1.05 bits per heavy atom. The van der Waals surface area contributed by atoms with E-state index in [0.29, 0.717) is 18.5 Å². The Morgan fingerprint density at radius 2 is 1.72 bits per heavy atom. The molecule has 2 amide bonds. The monoisotopic (exact) mass is 554 g/mol. The number of carbonyl (C=O) groups excluding carboxylic acids is 2. The number of nitrogens with two attached hydrogens (primary N) is 1. The van der Waals surface area contributed by atoms with Crippen molar-refractivity contribution in [3.8, 4) is 0 Å². The number of sulfonamides is 1. The number of primary sulfonamides is 1. The first-order valence-electron chi connectivity index (χ1n) is 14.1. The molecule has 1 spiro atoms. The minimum atomic E-state index is -3.90. The number of imide groups is 1. The lowest BCUT2D eigenvalue weighted by Crippen LogP contribution is -2.65. The van der Waals surface area contributed by atoms with Crippen molar-refractivity contribution in [3.63, 3.8) is 0 Å². The summed E-state index contributed by atoms with van der Waals surface area (Å²) in [6.45, 7) is 8.46. The van der Waals surface area contributed by atoms with Crippen molar-refractivity contribution in [3.05, 3.63) is 35.9 Å². The zero-order valence-corrected chi connectivity index (χ0v) is 23.8. The van der Waals surface area contributed by atoms with E-state index in [0.717, 1.165) is 25.7 Å². The average Bonchev–Trinajstić information content (AvgIpc) is 3.14. The topological polar surface area (TPSA) is 135 Å². The van der Waals surface area contributed by atoms with E-state index in [1.54, 1.807) is 0 Å². The lowest BCUT2D eigenvalue weighted by Gasteiger charge is -2.68. The van der Waals surface area contributed by atoms with Crippen LogP contribution in [-0.2, 0) is 24.4 Å². The SMILES string of the molecule is CC(C)C1=C[C@@]23CC[C@@H]4[C@](C)(CCC[C@@]4(C)C(=O)O)[C@@H]2C[C@@H]1[C@H]1C(=O)N(c2ccc(S(N)(=O)=O)cc2)C(=O)[C@@H]13. The Labute approximate surface area is 230 Å². The third-order valence-corrected chi connectivity index (χ3v) is 12.5. The van der Waals surface area contributed by atoms with Gasteiger partial charge in [0.1, 0.15) is 0 Å². The molecule has 0 radical (unpaired) electrons. The largest absolute Gasteiger partial charge is 0.481 e. The molecule has 1 saturated heterocycles. The first kappa shape index (κ1) is 26.7. The summed E-state index contributed by atoms with van der Waals surface area (Å²) in [5.41, 5.74) is 0.0882. The molecule has 2 bridgehead atoms. The molecular weight excluding hydrogens is 516 g/mol. The van der Waals surface area contributed by atoms with Crippen molar-refractivity contribution >= 4 is 33.5 Å². The number of carboxylic acids is 1. The number of amides is 2. The molecule has 1 heterocycles. The molecule has 0 aromatic heterocycles. The summed E-state index contributed by atoms with van der Waals surface area (Å²) in [6, 6.07) is 5.64. The zero-order chi connectivity index (χ0) is 28.3. The van der Waals surface area contributed by atoms with Gasteiger partial charge >= 0.3 is 5.97 Å². The van der Waals surface area contributed by atoms with Crippen LogP contribution in [0.4, 0.5) is 5.69 Å². The number of nitrogens with zero attached hydrogens (tertiary/aromatic N) is 1. The summed E-state index contributed by atoms with van der Waals surface area (Å²) in [4.78, 5) is 42.1. The van der Waals surface area contributed by atoms with E-state index >= 15 is 0 Å². The quantitative estimate of drug-likeness (QED) is 0.420. The minimum absolute atomic E-state index is 0.0228. The van der Waals surface area contributed by atoms with Crippen molar-refractivity contribution in [2.24, 2.45) is 56.9 Å². The van der Waals surface area contributed by atoms with Crippen molar-refractivity contribution in [1.82, 2.24) is 0 Å². The molecule has 3 saturated carbocycles. The maximum Gasteiger partial charge on any atom is 0.309 e. The molecule has 6 aliphatic rings. The molecule has 39 heavy (non-hydrogen) atoms. The molecule has 8 atom stereocenters. The normalized spacial score (nSPS) is 41.2. The van der Waals surface area contributed by atoms with Crippen LogP contribution in [0.15, 0.2) is 40.8 Å². The number of carbonyl (C=O) groups is 3. The molecule has 1 aromatic carbocycles.